The number of nitrogens with zero attached hydrogens (tertiary/aromatic N) is 1. The Morgan fingerprint density at radius 1 is 1.13 bits per heavy atom. The SMILES string of the molecule is COc1ccccc1CNC(=O)C1CCCN(S(=O)(=O)c2ccc(NC(C)=O)cc2)C1. The van der Waals surface area contributed by atoms with Gasteiger partial charge in [0, 0.05) is 37.8 Å². The number of para-hydroxylation sites is 1. The molecule has 8 nitrogen and oxygen atoms in total. The summed E-state index contributed by atoms with van der Waals surface area (Å²) >= 11 is 0. The van der Waals surface area contributed by atoms with Crippen LogP contribution in [0.5, 0.6) is 5.75 Å². The smallest absolute Gasteiger partial charge is 0.243 e. The molecule has 0 aromatic heterocycles. The number of carbonyl (C=O) groups is 2. The molecule has 2 amide bonds. The van der Waals surface area contributed by atoms with Crippen LogP contribution in [-0.2, 0) is 26.2 Å². The van der Waals surface area contributed by atoms with Gasteiger partial charge in [0.2, 0.25) is 21.8 Å². The Hall–Kier alpha value is -2.91. The van der Waals surface area contributed by atoms with Gasteiger partial charge in [-0.25, -0.2) is 8.42 Å². The van der Waals surface area contributed by atoms with E-state index in [2.05, 4.69) is 10.6 Å². The topological polar surface area (TPSA) is 105 Å². The Kier molecular flexibility index (Phi) is 7.29. The summed E-state index contributed by atoms with van der Waals surface area (Å²) in [6, 6.07) is 13.5. The van der Waals surface area contributed by atoms with Crippen molar-refractivity contribution in [3.63, 3.8) is 0 Å². The summed E-state index contributed by atoms with van der Waals surface area (Å²) in [5.41, 5.74) is 1.39. The zero-order chi connectivity index (χ0) is 22.4. The minimum absolute atomic E-state index is 0.132. The highest BCUT2D eigenvalue weighted by molar-refractivity contribution is 7.89. The van der Waals surface area contributed by atoms with Gasteiger partial charge in [0.1, 0.15) is 5.75 Å². The number of hydrogen-bond acceptors (Lipinski definition) is 5. The lowest BCUT2D eigenvalue weighted by Gasteiger charge is -2.31. The first-order valence-electron chi connectivity index (χ1n) is 10.1. The molecule has 31 heavy (non-hydrogen) atoms. The molecule has 166 valence electrons. The van der Waals surface area contributed by atoms with Gasteiger partial charge in [-0.2, -0.15) is 4.31 Å². The number of ether oxygens (including phenoxy) is 1. The van der Waals surface area contributed by atoms with Crippen LogP contribution >= 0.6 is 0 Å². The van der Waals surface area contributed by atoms with Crippen LogP contribution < -0.4 is 15.4 Å². The van der Waals surface area contributed by atoms with E-state index in [9.17, 15) is 18.0 Å². The first-order valence-corrected chi connectivity index (χ1v) is 11.5. The predicted molar refractivity (Wildman–Crippen MR) is 117 cm³/mol. The van der Waals surface area contributed by atoms with Crippen molar-refractivity contribution >= 4 is 27.5 Å². The third-order valence-electron chi connectivity index (χ3n) is 5.21. The van der Waals surface area contributed by atoms with Crippen molar-refractivity contribution in [2.75, 3.05) is 25.5 Å². The van der Waals surface area contributed by atoms with Crippen LogP contribution in [0.1, 0.15) is 25.3 Å². The van der Waals surface area contributed by atoms with Crippen LogP contribution in [0.4, 0.5) is 5.69 Å². The number of nitrogens with one attached hydrogen (secondary N) is 2. The van der Waals surface area contributed by atoms with Crippen LogP contribution in [0.25, 0.3) is 0 Å². The number of hydrogen-bond donors (Lipinski definition) is 2. The molecule has 1 heterocycles. The summed E-state index contributed by atoms with van der Waals surface area (Å²) in [6.45, 7) is 2.20. The molecular weight excluding hydrogens is 418 g/mol. The first-order chi connectivity index (χ1) is 14.8. The summed E-state index contributed by atoms with van der Waals surface area (Å²) in [5, 5.41) is 5.51. The van der Waals surface area contributed by atoms with Gasteiger partial charge in [0.15, 0.2) is 0 Å². The van der Waals surface area contributed by atoms with Crippen molar-refractivity contribution < 1.29 is 22.7 Å². The van der Waals surface area contributed by atoms with Crippen LogP contribution in [0.15, 0.2) is 53.4 Å². The normalized spacial score (nSPS) is 17.0. The van der Waals surface area contributed by atoms with E-state index in [1.807, 2.05) is 24.3 Å². The van der Waals surface area contributed by atoms with Crippen molar-refractivity contribution in [2.24, 2.45) is 5.92 Å². The first kappa shape index (κ1) is 22.8. The summed E-state index contributed by atoms with van der Waals surface area (Å²) in [4.78, 5) is 24.0. The Balaban J connectivity index is 1.64. The average molecular weight is 446 g/mol. The fraction of sp³-hybridized carbons (Fsp3) is 0.364. The van der Waals surface area contributed by atoms with Gasteiger partial charge in [-0.15, -0.1) is 0 Å². The minimum atomic E-state index is -3.73. The highest BCUT2D eigenvalue weighted by Gasteiger charge is 2.33. The Morgan fingerprint density at radius 2 is 1.84 bits per heavy atom. The fourth-order valence-corrected chi connectivity index (χ4v) is 5.14. The number of benzene rings is 2. The monoisotopic (exact) mass is 445 g/mol. The molecule has 0 saturated carbocycles. The van der Waals surface area contributed by atoms with Gasteiger partial charge in [-0.3, -0.25) is 9.59 Å². The molecule has 0 radical (unpaired) electrons. The average Bonchev–Trinajstić information content (AvgIpc) is 2.77. The molecule has 1 aliphatic rings. The molecule has 1 aliphatic heterocycles. The van der Waals surface area contributed by atoms with E-state index in [0.717, 1.165) is 5.56 Å². The summed E-state index contributed by atoms with van der Waals surface area (Å²) in [6.07, 6.45) is 1.24. The van der Waals surface area contributed by atoms with Gasteiger partial charge < -0.3 is 15.4 Å². The van der Waals surface area contributed by atoms with E-state index >= 15 is 0 Å². The summed E-state index contributed by atoms with van der Waals surface area (Å²) in [7, 11) is -2.15. The summed E-state index contributed by atoms with van der Waals surface area (Å²) in [5.74, 6) is -0.129. The van der Waals surface area contributed by atoms with Crippen molar-refractivity contribution in [3.05, 3.63) is 54.1 Å². The second-order valence-corrected chi connectivity index (χ2v) is 9.38. The minimum Gasteiger partial charge on any atom is -0.496 e. The molecule has 9 heteroatoms. The molecule has 2 N–H and O–H groups in total. The van der Waals surface area contributed by atoms with Crippen molar-refractivity contribution in [2.45, 2.75) is 31.2 Å². The lowest BCUT2D eigenvalue weighted by atomic mass is 9.98. The van der Waals surface area contributed by atoms with Crippen LogP contribution in [0.3, 0.4) is 0 Å². The number of methoxy groups -OCH3 is 1. The Morgan fingerprint density at radius 3 is 2.52 bits per heavy atom. The Bertz CT molecular complexity index is 1040. The van der Waals surface area contributed by atoms with Crippen molar-refractivity contribution in [3.8, 4) is 5.75 Å². The molecular formula is C22H27N3O5S. The lowest BCUT2D eigenvalue weighted by molar-refractivity contribution is -0.126. The molecule has 3 rings (SSSR count). The molecule has 2 aromatic carbocycles. The van der Waals surface area contributed by atoms with E-state index in [1.54, 1.807) is 19.2 Å². The number of anilines is 1. The number of carbonyl (C=O) groups excluding carboxylic acids is 2. The zero-order valence-electron chi connectivity index (χ0n) is 17.6. The maximum atomic E-state index is 13.0. The fourth-order valence-electron chi connectivity index (χ4n) is 3.61. The maximum Gasteiger partial charge on any atom is 0.243 e. The molecule has 0 aliphatic carbocycles. The number of rotatable bonds is 7. The largest absolute Gasteiger partial charge is 0.496 e. The lowest BCUT2D eigenvalue weighted by Crippen LogP contribution is -2.45. The van der Waals surface area contributed by atoms with Gasteiger partial charge in [-0.05, 0) is 43.2 Å². The molecule has 2 aromatic rings. The molecule has 1 fully saturated rings. The number of amides is 2. The maximum absolute atomic E-state index is 13.0. The van der Waals surface area contributed by atoms with E-state index in [4.69, 9.17) is 4.74 Å². The second kappa shape index (κ2) is 9.93. The van der Waals surface area contributed by atoms with Gasteiger partial charge in [-0.1, -0.05) is 18.2 Å². The third-order valence-corrected chi connectivity index (χ3v) is 7.09. The molecule has 0 spiro atoms. The van der Waals surface area contributed by atoms with E-state index in [0.29, 0.717) is 37.4 Å². The van der Waals surface area contributed by atoms with E-state index in [-0.39, 0.29) is 23.3 Å². The van der Waals surface area contributed by atoms with E-state index in [1.165, 1.54) is 23.4 Å². The highest BCUT2D eigenvalue weighted by Crippen LogP contribution is 2.25. The summed E-state index contributed by atoms with van der Waals surface area (Å²) < 4.78 is 32.7. The second-order valence-electron chi connectivity index (χ2n) is 7.44. The van der Waals surface area contributed by atoms with Gasteiger partial charge in [0.25, 0.3) is 0 Å². The van der Waals surface area contributed by atoms with Crippen LogP contribution in [-0.4, -0.2) is 44.7 Å². The van der Waals surface area contributed by atoms with Crippen LogP contribution in [0, 0.1) is 5.92 Å². The van der Waals surface area contributed by atoms with E-state index < -0.39 is 15.9 Å². The quantitative estimate of drug-likeness (QED) is 0.681. The third kappa shape index (κ3) is 5.62. The molecule has 0 bridgehead atoms. The molecule has 1 saturated heterocycles. The highest BCUT2D eigenvalue weighted by atomic mass is 32.2. The predicted octanol–water partition coefficient (Wildman–Crippen LogP) is 2.37. The number of piperidine rings is 1. The standard InChI is InChI=1S/C22H27N3O5S/c1-16(26)24-19-9-11-20(12-10-19)31(28,29)25-13-5-7-18(15-25)22(27)23-14-17-6-3-4-8-21(17)30-2/h3-4,6,8-12,18H,5,7,13-15H2,1-2H3,(H,23,27)(H,24,26). The van der Waals surface area contributed by atoms with Crippen molar-refractivity contribution in [1.82, 2.24) is 9.62 Å². The molecule has 1 unspecified atom stereocenters. The Labute approximate surface area is 182 Å². The van der Waals surface area contributed by atoms with Gasteiger partial charge >= 0.3 is 0 Å². The van der Waals surface area contributed by atoms with Crippen molar-refractivity contribution in [1.29, 1.82) is 0 Å². The zero-order valence-corrected chi connectivity index (χ0v) is 18.4. The van der Waals surface area contributed by atoms with Crippen LogP contribution in [0.2, 0.25) is 0 Å². The van der Waals surface area contributed by atoms with Gasteiger partial charge in [0.05, 0.1) is 17.9 Å². The number of sulfonamides is 1. The molecule has 1 atom stereocenters.